The lowest BCUT2D eigenvalue weighted by atomic mass is 9.97. The Bertz CT molecular complexity index is 901. The third-order valence-electron chi connectivity index (χ3n) is 5.17. The topological polar surface area (TPSA) is 64.0 Å². The Labute approximate surface area is 175 Å². The molecule has 1 unspecified atom stereocenters. The van der Waals surface area contributed by atoms with E-state index in [0.717, 1.165) is 42.3 Å². The van der Waals surface area contributed by atoms with Gasteiger partial charge in [-0.2, -0.15) is 0 Å². The molecule has 3 rings (SSSR count). The zero-order valence-electron chi connectivity index (χ0n) is 17.3. The van der Waals surface area contributed by atoms with Crippen LogP contribution in [-0.2, 0) is 24.2 Å². The summed E-state index contributed by atoms with van der Waals surface area (Å²) >= 11 is 3.07. The van der Waals surface area contributed by atoms with Crippen LogP contribution in [0.5, 0.6) is 0 Å². The highest BCUT2D eigenvalue weighted by molar-refractivity contribution is 8.00. The number of hydrogen-bond acceptors (Lipinski definition) is 5. The smallest absolute Gasteiger partial charge is 0.263 e. The Morgan fingerprint density at radius 3 is 2.75 bits per heavy atom. The lowest BCUT2D eigenvalue weighted by molar-refractivity contribution is -0.120. The summed E-state index contributed by atoms with van der Waals surface area (Å²) in [6.07, 6.45) is 6.21. The summed E-state index contributed by atoms with van der Waals surface area (Å²) in [6, 6.07) is 0. The van der Waals surface area contributed by atoms with E-state index < -0.39 is 0 Å². The monoisotopic (exact) mass is 421 g/mol. The molecule has 0 fully saturated rings. The highest BCUT2D eigenvalue weighted by atomic mass is 32.2. The number of aromatic nitrogens is 2. The second-order valence-electron chi connectivity index (χ2n) is 7.98. The minimum absolute atomic E-state index is 0.00193. The molecule has 1 amide bonds. The van der Waals surface area contributed by atoms with E-state index in [1.807, 2.05) is 18.4 Å². The number of nitrogens with one attached hydrogen (secondary N) is 1. The van der Waals surface area contributed by atoms with Crippen LogP contribution in [0.3, 0.4) is 0 Å². The molecule has 1 aliphatic rings. The molecular formula is C21H31N3O2S2. The highest BCUT2D eigenvalue weighted by Gasteiger charge is 2.24. The minimum atomic E-state index is -0.282. The van der Waals surface area contributed by atoms with Crippen molar-refractivity contribution in [2.24, 2.45) is 5.92 Å². The molecule has 1 N–H and O–H groups in total. The lowest BCUT2D eigenvalue weighted by Gasteiger charge is -2.17. The molecule has 28 heavy (non-hydrogen) atoms. The van der Waals surface area contributed by atoms with Gasteiger partial charge in [0.15, 0.2) is 5.16 Å². The maximum absolute atomic E-state index is 13.4. The largest absolute Gasteiger partial charge is 0.355 e. The molecule has 0 aromatic carbocycles. The number of amides is 1. The number of rotatable bonds is 8. The SMILES string of the molecule is CCCNC(=O)C(C)Sc1nc2sc3c(c2c(=O)n1CCC(C)C)CCCC3. The molecule has 0 saturated heterocycles. The second kappa shape index (κ2) is 9.44. The van der Waals surface area contributed by atoms with Crippen LogP contribution in [0.1, 0.15) is 63.8 Å². The normalized spacial score (nSPS) is 15.0. The number of aryl methyl sites for hydroxylation is 2. The van der Waals surface area contributed by atoms with E-state index in [0.29, 0.717) is 24.2 Å². The van der Waals surface area contributed by atoms with Crippen LogP contribution in [0.15, 0.2) is 9.95 Å². The third-order valence-corrected chi connectivity index (χ3v) is 7.45. The van der Waals surface area contributed by atoms with E-state index in [1.54, 1.807) is 11.3 Å². The van der Waals surface area contributed by atoms with Gasteiger partial charge in [0.25, 0.3) is 5.56 Å². The lowest BCUT2D eigenvalue weighted by Crippen LogP contribution is -2.32. The van der Waals surface area contributed by atoms with Gasteiger partial charge in [-0.1, -0.05) is 32.5 Å². The van der Waals surface area contributed by atoms with Crippen molar-refractivity contribution in [2.45, 2.75) is 83.2 Å². The number of thioether (sulfide) groups is 1. The van der Waals surface area contributed by atoms with Gasteiger partial charge in [0, 0.05) is 18.0 Å². The molecule has 0 aliphatic heterocycles. The van der Waals surface area contributed by atoms with Crippen molar-refractivity contribution < 1.29 is 4.79 Å². The second-order valence-corrected chi connectivity index (χ2v) is 10.4. The molecule has 0 radical (unpaired) electrons. The molecular weight excluding hydrogens is 390 g/mol. The fraction of sp³-hybridized carbons (Fsp3) is 0.667. The summed E-state index contributed by atoms with van der Waals surface area (Å²) in [5.74, 6) is 0.504. The predicted molar refractivity (Wildman–Crippen MR) is 119 cm³/mol. The first-order valence-electron chi connectivity index (χ1n) is 10.4. The number of carbonyl (C=O) groups is 1. The molecule has 2 heterocycles. The quantitative estimate of drug-likeness (QED) is 0.507. The average molecular weight is 422 g/mol. The van der Waals surface area contributed by atoms with Crippen LogP contribution in [0.25, 0.3) is 10.2 Å². The van der Waals surface area contributed by atoms with Gasteiger partial charge < -0.3 is 5.32 Å². The zero-order valence-corrected chi connectivity index (χ0v) is 19.0. The molecule has 2 aromatic heterocycles. The Balaban J connectivity index is 2.00. The van der Waals surface area contributed by atoms with E-state index in [2.05, 4.69) is 19.2 Å². The van der Waals surface area contributed by atoms with Crippen molar-refractivity contribution in [3.05, 3.63) is 20.8 Å². The van der Waals surface area contributed by atoms with Crippen LogP contribution in [0.4, 0.5) is 0 Å². The van der Waals surface area contributed by atoms with Gasteiger partial charge >= 0.3 is 0 Å². The van der Waals surface area contributed by atoms with Crippen molar-refractivity contribution in [1.29, 1.82) is 0 Å². The van der Waals surface area contributed by atoms with Gasteiger partial charge in [-0.25, -0.2) is 4.98 Å². The van der Waals surface area contributed by atoms with Crippen LogP contribution >= 0.6 is 23.1 Å². The Morgan fingerprint density at radius 2 is 2.04 bits per heavy atom. The van der Waals surface area contributed by atoms with Crippen molar-refractivity contribution in [1.82, 2.24) is 14.9 Å². The van der Waals surface area contributed by atoms with E-state index in [4.69, 9.17) is 4.98 Å². The number of nitrogens with zero attached hydrogens (tertiary/aromatic N) is 2. The van der Waals surface area contributed by atoms with Gasteiger partial charge in [-0.05, 0) is 56.9 Å². The first-order valence-corrected chi connectivity index (χ1v) is 12.1. The Kier molecular flexibility index (Phi) is 7.20. The van der Waals surface area contributed by atoms with Crippen LogP contribution in [0.2, 0.25) is 0 Å². The third kappa shape index (κ3) is 4.62. The van der Waals surface area contributed by atoms with E-state index in [1.165, 1.54) is 28.6 Å². The van der Waals surface area contributed by atoms with E-state index in [-0.39, 0.29) is 16.7 Å². The molecule has 0 spiro atoms. The predicted octanol–water partition coefficient (Wildman–Crippen LogP) is 4.39. The highest BCUT2D eigenvalue weighted by Crippen LogP contribution is 2.35. The number of thiophene rings is 1. The van der Waals surface area contributed by atoms with Crippen molar-refractivity contribution in [3.8, 4) is 0 Å². The minimum Gasteiger partial charge on any atom is -0.355 e. The zero-order chi connectivity index (χ0) is 20.3. The first kappa shape index (κ1) is 21.4. The number of carbonyl (C=O) groups excluding carboxylic acids is 1. The number of fused-ring (bicyclic) bond motifs is 3. The van der Waals surface area contributed by atoms with E-state index >= 15 is 0 Å². The van der Waals surface area contributed by atoms with Gasteiger partial charge in [0.1, 0.15) is 4.83 Å². The number of hydrogen-bond donors (Lipinski definition) is 1. The molecule has 7 heteroatoms. The molecule has 1 atom stereocenters. The molecule has 5 nitrogen and oxygen atoms in total. The Hall–Kier alpha value is -1.34. The summed E-state index contributed by atoms with van der Waals surface area (Å²) in [5, 5.41) is 4.17. The maximum Gasteiger partial charge on any atom is 0.263 e. The summed E-state index contributed by atoms with van der Waals surface area (Å²) in [6.45, 7) is 9.58. The maximum atomic E-state index is 13.4. The van der Waals surface area contributed by atoms with Gasteiger partial charge in [0.2, 0.25) is 5.91 Å². The molecule has 154 valence electrons. The fourth-order valence-corrected chi connectivity index (χ4v) is 5.76. The van der Waals surface area contributed by atoms with Gasteiger partial charge in [-0.3, -0.25) is 14.2 Å². The first-order chi connectivity index (χ1) is 13.4. The average Bonchev–Trinajstić information content (AvgIpc) is 3.03. The van der Waals surface area contributed by atoms with E-state index in [9.17, 15) is 9.59 Å². The van der Waals surface area contributed by atoms with Crippen molar-refractivity contribution in [3.63, 3.8) is 0 Å². The molecule has 1 aliphatic carbocycles. The van der Waals surface area contributed by atoms with Crippen LogP contribution < -0.4 is 10.9 Å². The molecule has 0 saturated carbocycles. The molecule has 0 bridgehead atoms. The summed E-state index contributed by atoms with van der Waals surface area (Å²) in [4.78, 5) is 32.8. The Morgan fingerprint density at radius 1 is 1.29 bits per heavy atom. The summed E-state index contributed by atoms with van der Waals surface area (Å²) in [5.41, 5.74) is 1.31. The molecule has 2 aromatic rings. The standard InChI is InChI=1S/C21H31N3O2S2/c1-5-11-22-18(25)14(4)27-21-23-19-17(15-8-6-7-9-16(15)28-19)20(26)24(21)12-10-13(2)3/h13-14H,5-12H2,1-4H3,(H,22,25). The van der Waals surface area contributed by atoms with Gasteiger partial charge in [0.05, 0.1) is 10.6 Å². The van der Waals surface area contributed by atoms with Gasteiger partial charge in [-0.15, -0.1) is 11.3 Å². The fourth-order valence-electron chi connectivity index (χ4n) is 3.50. The van der Waals surface area contributed by atoms with Crippen LogP contribution in [0, 0.1) is 5.92 Å². The summed E-state index contributed by atoms with van der Waals surface area (Å²) < 4.78 is 1.82. The van der Waals surface area contributed by atoms with Crippen molar-refractivity contribution >= 4 is 39.2 Å². The van der Waals surface area contributed by atoms with Crippen molar-refractivity contribution in [2.75, 3.05) is 6.54 Å². The summed E-state index contributed by atoms with van der Waals surface area (Å²) in [7, 11) is 0. The van der Waals surface area contributed by atoms with Crippen LogP contribution in [-0.4, -0.2) is 27.3 Å².